The van der Waals surface area contributed by atoms with Gasteiger partial charge in [-0.1, -0.05) is 18.2 Å². The zero-order valence-corrected chi connectivity index (χ0v) is 12.8. The Labute approximate surface area is 129 Å². The molecule has 1 heterocycles. The third-order valence-corrected chi connectivity index (χ3v) is 4.34. The van der Waals surface area contributed by atoms with Crippen molar-refractivity contribution in [3.8, 4) is 0 Å². The summed E-state index contributed by atoms with van der Waals surface area (Å²) < 4.78 is 10.9. The van der Waals surface area contributed by atoms with E-state index in [0.717, 1.165) is 29.4 Å². The van der Waals surface area contributed by atoms with E-state index in [1.54, 1.807) is 20.4 Å². The topological polar surface area (TPSA) is 60.5 Å². The highest BCUT2D eigenvalue weighted by molar-refractivity contribution is 6.01. The molecule has 1 aliphatic rings. The number of hydrogen-bond acceptors (Lipinski definition) is 4. The highest BCUT2D eigenvalue weighted by atomic mass is 16.5. The summed E-state index contributed by atoms with van der Waals surface area (Å²) in [7, 11) is 3.28. The Kier molecular flexibility index (Phi) is 4.36. The Balaban J connectivity index is 1.86. The second kappa shape index (κ2) is 6.42. The summed E-state index contributed by atoms with van der Waals surface area (Å²) in [4.78, 5) is 17.1. The number of rotatable bonds is 4. The molecule has 1 N–H and O–H groups in total. The van der Waals surface area contributed by atoms with Gasteiger partial charge in [0.15, 0.2) is 0 Å². The van der Waals surface area contributed by atoms with Crippen molar-refractivity contribution in [2.75, 3.05) is 19.5 Å². The summed E-state index contributed by atoms with van der Waals surface area (Å²) in [6, 6.07) is 9.61. The van der Waals surface area contributed by atoms with E-state index in [4.69, 9.17) is 9.47 Å². The van der Waals surface area contributed by atoms with Crippen LogP contribution in [0.5, 0.6) is 0 Å². The van der Waals surface area contributed by atoms with Crippen molar-refractivity contribution in [3.05, 3.63) is 36.5 Å². The number of aromatic nitrogens is 1. The van der Waals surface area contributed by atoms with Gasteiger partial charge >= 0.3 is 0 Å². The van der Waals surface area contributed by atoms with Crippen LogP contribution in [-0.4, -0.2) is 37.3 Å². The molecule has 3 rings (SSSR count). The van der Waals surface area contributed by atoms with E-state index in [9.17, 15) is 4.79 Å². The standard InChI is InChI=1S/C17H20N2O3/c1-21-13-8-9-14(22-2)15(13)17(20)19-12-7-3-5-11-6-4-10-18-16(11)12/h3-7,10,13-15H,8-9H2,1-2H3,(H,19,20). The fourth-order valence-electron chi connectivity index (χ4n) is 3.21. The van der Waals surface area contributed by atoms with E-state index in [0.29, 0.717) is 0 Å². The maximum atomic E-state index is 12.7. The summed E-state index contributed by atoms with van der Waals surface area (Å²) in [5.74, 6) is -0.372. The lowest BCUT2D eigenvalue weighted by molar-refractivity contribution is -0.127. The summed E-state index contributed by atoms with van der Waals surface area (Å²) >= 11 is 0. The van der Waals surface area contributed by atoms with Gasteiger partial charge in [-0.15, -0.1) is 0 Å². The fourth-order valence-corrected chi connectivity index (χ4v) is 3.21. The first kappa shape index (κ1) is 14.9. The molecule has 0 aliphatic heterocycles. The van der Waals surface area contributed by atoms with E-state index in [1.165, 1.54) is 0 Å². The Bertz CT molecular complexity index is 657. The van der Waals surface area contributed by atoms with Crippen molar-refractivity contribution in [1.29, 1.82) is 0 Å². The zero-order valence-electron chi connectivity index (χ0n) is 12.8. The van der Waals surface area contributed by atoms with Gasteiger partial charge in [0.1, 0.15) is 0 Å². The number of carbonyl (C=O) groups is 1. The third-order valence-electron chi connectivity index (χ3n) is 4.34. The highest BCUT2D eigenvalue weighted by Crippen LogP contribution is 2.32. The van der Waals surface area contributed by atoms with Crippen LogP contribution in [0.2, 0.25) is 0 Å². The highest BCUT2D eigenvalue weighted by Gasteiger charge is 2.41. The lowest BCUT2D eigenvalue weighted by Crippen LogP contribution is -2.37. The number of fused-ring (bicyclic) bond motifs is 1. The summed E-state index contributed by atoms with van der Waals surface area (Å²) in [6.07, 6.45) is 3.19. The molecule has 1 amide bonds. The number of amides is 1. The molecule has 5 nitrogen and oxygen atoms in total. The number of methoxy groups -OCH3 is 2. The minimum absolute atomic E-state index is 0.0747. The number of carbonyl (C=O) groups excluding carboxylic acids is 1. The first-order valence-corrected chi connectivity index (χ1v) is 7.45. The number of pyridine rings is 1. The van der Waals surface area contributed by atoms with Crippen LogP contribution in [0.15, 0.2) is 36.5 Å². The molecule has 1 fully saturated rings. The Morgan fingerprint density at radius 2 is 1.82 bits per heavy atom. The van der Waals surface area contributed by atoms with E-state index >= 15 is 0 Å². The van der Waals surface area contributed by atoms with Crippen molar-refractivity contribution < 1.29 is 14.3 Å². The predicted molar refractivity (Wildman–Crippen MR) is 84.7 cm³/mol. The zero-order chi connectivity index (χ0) is 15.5. The minimum atomic E-state index is -0.297. The molecule has 116 valence electrons. The van der Waals surface area contributed by atoms with Crippen LogP contribution in [0.3, 0.4) is 0 Å². The molecule has 1 saturated carbocycles. The van der Waals surface area contributed by atoms with Crippen LogP contribution in [0.4, 0.5) is 5.69 Å². The molecular weight excluding hydrogens is 280 g/mol. The van der Waals surface area contributed by atoms with Gasteiger partial charge in [-0.2, -0.15) is 0 Å². The van der Waals surface area contributed by atoms with Crippen LogP contribution in [-0.2, 0) is 14.3 Å². The van der Waals surface area contributed by atoms with Crippen LogP contribution in [0, 0.1) is 5.92 Å². The average Bonchev–Trinajstić information content (AvgIpc) is 2.98. The van der Waals surface area contributed by atoms with Crippen LogP contribution < -0.4 is 5.32 Å². The van der Waals surface area contributed by atoms with Gasteiger partial charge in [-0.05, 0) is 25.0 Å². The SMILES string of the molecule is COC1CCC(OC)C1C(=O)Nc1cccc2cccnc12. The Hall–Kier alpha value is -1.98. The fraction of sp³-hybridized carbons (Fsp3) is 0.412. The number of anilines is 1. The van der Waals surface area contributed by atoms with Gasteiger partial charge in [-0.3, -0.25) is 9.78 Å². The second-order valence-electron chi connectivity index (χ2n) is 5.52. The number of nitrogens with one attached hydrogen (secondary N) is 1. The quantitative estimate of drug-likeness (QED) is 0.943. The maximum Gasteiger partial charge on any atom is 0.232 e. The lowest BCUT2D eigenvalue weighted by atomic mass is 10.0. The van der Waals surface area contributed by atoms with E-state index in [-0.39, 0.29) is 24.0 Å². The molecule has 1 aromatic heterocycles. The number of para-hydroxylation sites is 1. The summed E-state index contributed by atoms with van der Waals surface area (Å²) in [6.45, 7) is 0. The third kappa shape index (κ3) is 2.69. The second-order valence-corrected chi connectivity index (χ2v) is 5.52. The molecule has 1 aliphatic carbocycles. The van der Waals surface area contributed by atoms with E-state index in [2.05, 4.69) is 10.3 Å². The predicted octanol–water partition coefficient (Wildman–Crippen LogP) is 2.61. The van der Waals surface area contributed by atoms with Crippen molar-refractivity contribution >= 4 is 22.5 Å². The molecule has 2 atom stereocenters. The molecule has 0 radical (unpaired) electrons. The van der Waals surface area contributed by atoms with Crippen molar-refractivity contribution in [1.82, 2.24) is 4.98 Å². The molecule has 1 aromatic carbocycles. The first-order valence-electron chi connectivity index (χ1n) is 7.45. The van der Waals surface area contributed by atoms with E-state index in [1.807, 2.05) is 30.3 Å². The molecule has 0 bridgehead atoms. The molecular formula is C17H20N2O3. The van der Waals surface area contributed by atoms with Gasteiger partial charge in [0, 0.05) is 25.8 Å². The molecule has 2 aromatic rings. The largest absolute Gasteiger partial charge is 0.381 e. The van der Waals surface area contributed by atoms with Crippen LogP contribution in [0.1, 0.15) is 12.8 Å². The van der Waals surface area contributed by atoms with Crippen LogP contribution in [0.25, 0.3) is 10.9 Å². The Morgan fingerprint density at radius 3 is 2.50 bits per heavy atom. The maximum absolute atomic E-state index is 12.7. The minimum Gasteiger partial charge on any atom is -0.381 e. The normalized spacial score (nSPS) is 24.5. The van der Waals surface area contributed by atoms with Gasteiger partial charge in [0.05, 0.1) is 29.3 Å². The number of nitrogens with zero attached hydrogens (tertiary/aromatic N) is 1. The summed E-state index contributed by atoms with van der Waals surface area (Å²) in [5.41, 5.74) is 1.51. The monoisotopic (exact) mass is 300 g/mol. The van der Waals surface area contributed by atoms with Gasteiger partial charge in [-0.25, -0.2) is 0 Å². The number of ether oxygens (including phenoxy) is 2. The van der Waals surface area contributed by atoms with Gasteiger partial charge in [0.25, 0.3) is 0 Å². The summed E-state index contributed by atoms with van der Waals surface area (Å²) in [5, 5.41) is 3.99. The van der Waals surface area contributed by atoms with Gasteiger partial charge in [0.2, 0.25) is 5.91 Å². The molecule has 5 heteroatoms. The van der Waals surface area contributed by atoms with Gasteiger partial charge < -0.3 is 14.8 Å². The van der Waals surface area contributed by atoms with Crippen molar-refractivity contribution in [2.45, 2.75) is 25.0 Å². The number of benzene rings is 1. The lowest BCUT2D eigenvalue weighted by Gasteiger charge is -2.22. The molecule has 0 saturated heterocycles. The van der Waals surface area contributed by atoms with E-state index < -0.39 is 0 Å². The Morgan fingerprint density at radius 1 is 1.14 bits per heavy atom. The van der Waals surface area contributed by atoms with Crippen molar-refractivity contribution in [3.63, 3.8) is 0 Å². The first-order chi connectivity index (χ1) is 10.7. The molecule has 2 unspecified atom stereocenters. The average molecular weight is 300 g/mol. The van der Waals surface area contributed by atoms with Crippen LogP contribution >= 0.6 is 0 Å². The smallest absolute Gasteiger partial charge is 0.232 e. The molecule has 0 spiro atoms. The number of hydrogen-bond donors (Lipinski definition) is 1. The molecule has 22 heavy (non-hydrogen) atoms. The van der Waals surface area contributed by atoms with Crippen molar-refractivity contribution in [2.24, 2.45) is 5.92 Å².